The number of piperazine rings is 1. The molecule has 2 aromatic rings. The van der Waals surface area contributed by atoms with Crippen LogP contribution < -0.4 is 10.9 Å². The van der Waals surface area contributed by atoms with Crippen LogP contribution in [0.25, 0.3) is 0 Å². The minimum atomic E-state index is -0.500. The van der Waals surface area contributed by atoms with E-state index in [-0.39, 0.29) is 12.2 Å². The molecular weight excluding hydrogens is 380 g/mol. The van der Waals surface area contributed by atoms with Gasteiger partial charge in [-0.25, -0.2) is 9.98 Å². The summed E-state index contributed by atoms with van der Waals surface area (Å²) in [6, 6.07) is 8.88. The number of aliphatic imine (C=N–C) groups is 1. The monoisotopic (exact) mass is 402 g/mol. The normalized spacial score (nSPS) is 19.8. The fourth-order valence-corrected chi connectivity index (χ4v) is 3.71. The van der Waals surface area contributed by atoms with Gasteiger partial charge in [-0.05, 0) is 24.6 Å². The Morgan fingerprint density at radius 2 is 1.93 bits per heavy atom. The molecular formula is C19H23ClN6O2. The van der Waals surface area contributed by atoms with Gasteiger partial charge in [-0.1, -0.05) is 23.7 Å². The van der Waals surface area contributed by atoms with Gasteiger partial charge in [-0.15, -0.1) is 0 Å². The largest absolute Gasteiger partial charge is 0.395 e. The van der Waals surface area contributed by atoms with E-state index in [1.54, 1.807) is 23.6 Å². The van der Waals surface area contributed by atoms with Crippen molar-refractivity contribution >= 4 is 23.5 Å². The number of nitrogens with one attached hydrogen (secondary N) is 1. The molecule has 8 nitrogen and oxygen atoms in total. The molecule has 1 aromatic carbocycles. The predicted molar refractivity (Wildman–Crippen MR) is 109 cm³/mol. The molecule has 0 radical (unpaired) electrons. The average Bonchev–Trinajstić information content (AvgIpc) is 2.68. The van der Waals surface area contributed by atoms with Gasteiger partial charge in [0.1, 0.15) is 0 Å². The van der Waals surface area contributed by atoms with Crippen LogP contribution in [0.5, 0.6) is 0 Å². The van der Waals surface area contributed by atoms with Crippen LogP contribution in [0.1, 0.15) is 17.4 Å². The topological polar surface area (TPSA) is 86.0 Å². The smallest absolute Gasteiger partial charge is 0.257 e. The van der Waals surface area contributed by atoms with Crippen molar-refractivity contribution in [3.05, 3.63) is 57.0 Å². The molecule has 1 saturated heterocycles. The molecule has 0 unspecified atom stereocenters. The number of rotatable bonds is 3. The van der Waals surface area contributed by atoms with Gasteiger partial charge in [0, 0.05) is 49.5 Å². The molecule has 3 heterocycles. The van der Waals surface area contributed by atoms with Gasteiger partial charge in [-0.3, -0.25) is 19.6 Å². The van der Waals surface area contributed by atoms with Crippen molar-refractivity contribution in [3.63, 3.8) is 0 Å². The summed E-state index contributed by atoms with van der Waals surface area (Å²) in [5, 5.41) is 13.0. The number of aliphatic hydroxyl groups is 1. The molecule has 1 aromatic heterocycles. The van der Waals surface area contributed by atoms with E-state index in [2.05, 4.69) is 20.1 Å². The van der Waals surface area contributed by atoms with Crippen LogP contribution in [0, 0.1) is 6.92 Å². The number of fused-ring (bicyclic) bond motifs is 1. The molecule has 2 N–H and O–H groups in total. The fraction of sp³-hybridized carbons (Fsp3) is 0.421. The number of β-amino-alcohol motifs (C(OH)–C–C–N with tert-alkyl or cyclic N) is 1. The molecule has 0 saturated carbocycles. The van der Waals surface area contributed by atoms with Crippen LogP contribution in [-0.4, -0.2) is 69.7 Å². The number of hydrogen-bond donors (Lipinski definition) is 2. The third-order valence-corrected chi connectivity index (χ3v) is 5.30. The van der Waals surface area contributed by atoms with Crippen LogP contribution in [0.4, 0.5) is 5.95 Å². The molecule has 9 heteroatoms. The third-order valence-electron chi connectivity index (χ3n) is 5.05. The van der Waals surface area contributed by atoms with Gasteiger partial charge >= 0.3 is 0 Å². The molecule has 1 fully saturated rings. The zero-order chi connectivity index (χ0) is 19.7. The first-order chi connectivity index (χ1) is 13.5. The second kappa shape index (κ2) is 7.90. The Kier molecular flexibility index (Phi) is 5.34. The quantitative estimate of drug-likeness (QED) is 0.800. The Balaban J connectivity index is 1.69. The fourth-order valence-electron chi connectivity index (χ4n) is 3.58. The van der Waals surface area contributed by atoms with E-state index in [0.29, 0.717) is 29.2 Å². The van der Waals surface area contributed by atoms with Gasteiger partial charge in [-0.2, -0.15) is 0 Å². The SMILES string of the molecule is Cc1cc(=O)n2c(n1)NC(N1CCN(CCO)CC1)=N[C@H]2c1ccc(Cl)cc1. The second-order valence-electron chi connectivity index (χ2n) is 6.98. The number of hydrogen-bond acceptors (Lipinski definition) is 7. The van der Waals surface area contributed by atoms with E-state index >= 15 is 0 Å². The van der Waals surface area contributed by atoms with Gasteiger partial charge < -0.3 is 10.0 Å². The first-order valence-corrected chi connectivity index (χ1v) is 9.71. The zero-order valence-electron chi connectivity index (χ0n) is 15.7. The van der Waals surface area contributed by atoms with E-state index < -0.39 is 6.17 Å². The Hall–Kier alpha value is -2.42. The Labute approximate surface area is 168 Å². The molecule has 148 valence electrons. The van der Waals surface area contributed by atoms with Crippen molar-refractivity contribution in [1.82, 2.24) is 19.4 Å². The summed E-state index contributed by atoms with van der Waals surface area (Å²) < 4.78 is 1.57. The number of benzene rings is 1. The standard InChI is InChI=1S/C19H23ClN6O2/c1-13-12-16(28)26-17(14-2-4-15(20)5-3-14)22-18(23-19(26)21-13)25-8-6-24(7-9-25)10-11-27/h2-5,12,17,27H,6-11H2,1H3,(H,21,22,23)/t17-/m1/s1. The molecule has 0 amide bonds. The van der Waals surface area contributed by atoms with Crippen molar-refractivity contribution in [2.45, 2.75) is 13.1 Å². The van der Waals surface area contributed by atoms with Gasteiger partial charge in [0.15, 0.2) is 6.17 Å². The summed E-state index contributed by atoms with van der Waals surface area (Å²) in [6.45, 7) is 5.92. The van der Waals surface area contributed by atoms with Crippen LogP contribution in [-0.2, 0) is 0 Å². The first kappa shape index (κ1) is 18.9. The number of halogens is 1. The molecule has 28 heavy (non-hydrogen) atoms. The van der Waals surface area contributed by atoms with Crippen molar-refractivity contribution in [3.8, 4) is 0 Å². The van der Waals surface area contributed by atoms with Crippen LogP contribution in [0.3, 0.4) is 0 Å². The van der Waals surface area contributed by atoms with Crippen LogP contribution >= 0.6 is 11.6 Å². The van der Waals surface area contributed by atoms with Gasteiger partial charge in [0.2, 0.25) is 11.9 Å². The average molecular weight is 403 g/mol. The maximum absolute atomic E-state index is 12.7. The van der Waals surface area contributed by atoms with E-state index in [9.17, 15) is 4.79 Å². The Morgan fingerprint density at radius 3 is 2.61 bits per heavy atom. The van der Waals surface area contributed by atoms with Crippen LogP contribution in [0.2, 0.25) is 5.02 Å². The Bertz CT molecular complexity index is 934. The number of guanidine groups is 1. The summed E-state index contributed by atoms with van der Waals surface area (Å²) in [7, 11) is 0. The molecule has 0 aliphatic carbocycles. The van der Waals surface area contributed by atoms with Crippen molar-refractivity contribution in [2.75, 3.05) is 44.6 Å². The highest BCUT2D eigenvalue weighted by Crippen LogP contribution is 2.27. The highest BCUT2D eigenvalue weighted by atomic mass is 35.5. The predicted octanol–water partition coefficient (Wildman–Crippen LogP) is 1.14. The lowest BCUT2D eigenvalue weighted by molar-refractivity contribution is 0.146. The van der Waals surface area contributed by atoms with E-state index in [1.165, 1.54) is 6.07 Å². The first-order valence-electron chi connectivity index (χ1n) is 9.34. The summed E-state index contributed by atoms with van der Waals surface area (Å²) in [5.74, 6) is 1.20. The lowest BCUT2D eigenvalue weighted by Gasteiger charge is -2.38. The lowest BCUT2D eigenvalue weighted by atomic mass is 10.1. The molecule has 0 bridgehead atoms. The van der Waals surface area contributed by atoms with Crippen molar-refractivity contribution < 1.29 is 5.11 Å². The van der Waals surface area contributed by atoms with E-state index in [0.717, 1.165) is 31.7 Å². The number of anilines is 1. The Morgan fingerprint density at radius 1 is 1.21 bits per heavy atom. The maximum Gasteiger partial charge on any atom is 0.257 e. The minimum Gasteiger partial charge on any atom is -0.395 e. The summed E-state index contributed by atoms with van der Waals surface area (Å²) in [4.78, 5) is 26.4. The number of aliphatic hydroxyl groups excluding tert-OH is 1. The number of aryl methyl sites for hydroxylation is 1. The van der Waals surface area contributed by atoms with E-state index in [1.807, 2.05) is 12.1 Å². The second-order valence-corrected chi connectivity index (χ2v) is 7.42. The van der Waals surface area contributed by atoms with Crippen LogP contribution in [0.15, 0.2) is 40.1 Å². The highest BCUT2D eigenvalue weighted by Gasteiger charge is 2.29. The van der Waals surface area contributed by atoms with Crippen molar-refractivity contribution in [2.24, 2.45) is 4.99 Å². The molecule has 2 aliphatic rings. The summed E-state index contributed by atoms with van der Waals surface area (Å²) >= 11 is 6.03. The summed E-state index contributed by atoms with van der Waals surface area (Å²) in [6.07, 6.45) is -0.500. The van der Waals surface area contributed by atoms with Gasteiger partial charge in [0.25, 0.3) is 5.56 Å². The van der Waals surface area contributed by atoms with E-state index in [4.69, 9.17) is 21.7 Å². The number of nitrogens with zero attached hydrogens (tertiary/aromatic N) is 5. The lowest BCUT2D eigenvalue weighted by Crippen LogP contribution is -2.52. The highest BCUT2D eigenvalue weighted by molar-refractivity contribution is 6.30. The minimum absolute atomic E-state index is 0.148. The molecule has 2 aliphatic heterocycles. The summed E-state index contributed by atoms with van der Waals surface area (Å²) in [5.41, 5.74) is 1.38. The molecule has 4 rings (SSSR count). The van der Waals surface area contributed by atoms with Crippen molar-refractivity contribution in [1.29, 1.82) is 0 Å². The molecule has 1 atom stereocenters. The molecule has 0 spiro atoms. The van der Waals surface area contributed by atoms with Gasteiger partial charge in [0.05, 0.1) is 6.61 Å². The third kappa shape index (κ3) is 3.76. The number of aromatic nitrogens is 2. The zero-order valence-corrected chi connectivity index (χ0v) is 16.4. The maximum atomic E-state index is 12.7.